The molecule has 9 rings (SSSR count). The van der Waals surface area contributed by atoms with Crippen molar-refractivity contribution in [1.29, 1.82) is 5.26 Å². The Bertz CT molecular complexity index is 2130. The number of hydrogen-bond acceptors (Lipinski definition) is 10. The number of piperidine rings is 2. The summed E-state index contributed by atoms with van der Waals surface area (Å²) in [4.78, 5) is 66.7. The van der Waals surface area contributed by atoms with Gasteiger partial charge in [0.2, 0.25) is 11.8 Å². The van der Waals surface area contributed by atoms with Crippen molar-refractivity contribution in [2.75, 3.05) is 55.6 Å². The molecule has 13 nitrogen and oxygen atoms in total. The van der Waals surface area contributed by atoms with Crippen LogP contribution in [0.3, 0.4) is 0 Å². The molecule has 296 valence electrons. The van der Waals surface area contributed by atoms with Crippen molar-refractivity contribution in [3.63, 3.8) is 0 Å². The largest absolute Gasteiger partial charge is 0.490 e. The Hall–Kier alpha value is -5.19. The van der Waals surface area contributed by atoms with Crippen molar-refractivity contribution in [1.82, 2.24) is 25.0 Å². The number of pyridine rings is 1. The van der Waals surface area contributed by atoms with Gasteiger partial charge in [-0.25, -0.2) is 4.98 Å². The van der Waals surface area contributed by atoms with Crippen LogP contribution in [0.2, 0.25) is 5.02 Å². The van der Waals surface area contributed by atoms with Gasteiger partial charge in [0, 0.05) is 82.1 Å². The van der Waals surface area contributed by atoms with Gasteiger partial charge in [-0.2, -0.15) is 5.26 Å². The highest BCUT2D eigenvalue weighted by Crippen LogP contribution is 2.35. The van der Waals surface area contributed by atoms with E-state index in [4.69, 9.17) is 26.6 Å². The second-order valence-corrected chi connectivity index (χ2v) is 16.8. The number of aromatic nitrogens is 1. The first-order chi connectivity index (χ1) is 27.7. The molecule has 1 aromatic heterocycles. The van der Waals surface area contributed by atoms with Crippen molar-refractivity contribution in [3.8, 4) is 11.8 Å². The molecule has 3 saturated heterocycles. The molecule has 2 aromatic carbocycles. The zero-order chi connectivity index (χ0) is 39.2. The molecule has 0 spiro atoms. The molecule has 6 aliphatic rings. The van der Waals surface area contributed by atoms with Gasteiger partial charge in [0.05, 0.1) is 34.5 Å². The van der Waals surface area contributed by atoms with Crippen molar-refractivity contribution in [3.05, 3.63) is 81.5 Å². The number of hydrogen-bond donors (Lipinski definition) is 1. The Labute approximate surface area is 337 Å². The predicted octanol–water partition coefficient (Wildman–Crippen LogP) is 4.75. The van der Waals surface area contributed by atoms with Gasteiger partial charge in [0.25, 0.3) is 11.8 Å². The lowest BCUT2D eigenvalue weighted by Gasteiger charge is -2.40. The standard InChI is InChI=1S/C43H47ClN8O5/c44-36-22-33(5-1-28(36)23-45)57-32-6-2-30(3-7-32)51-26-37-35(43(51)56)9-11-39(46-37)50-15-13-27(14-16-50)24-48-17-19-49(20-18-48)31-4-8-34-29(21-31)25-52(42(34)55)38-10-12-40(53)47-41(38)54/h1,4-5,8-9,11,21-22,27,30,32,38H,2-3,6-7,10,12-20,24-26H2,(H,47,53,54)/t30-,32-,38?. The van der Waals surface area contributed by atoms with Gasteiger partial charge < -0.3 is 24.3 Å². The molecule has 4 fully saturated rings. The summed E-state index contributed by atoms with van der Waals surface area (Å²) in [5.41, 5.74) is 4.73. The summed E-state index contributed by atoms with van der Waals surface area (Å²) < 4.78 is 6.18. The van der Waals surface area contributed by atoms with Gasteiger partial charge in [-0.15, -0.1) is 0 Å². The number of imide groups is 1. The number of nitrogens with one attached hydrogen (secondary N) is 1. The molecule has 14 heteroatoms. The Morgan fingerprint density at radius 1 is 0.789 bits per heavy atom. The number of fused-ring (bicyclic) bond motifs is 2. The molecule has 5 aliphatic heterocycles. The number of halogens is 1. The average molecular weight is 791 g/mol. The highest BCUT2D eigenvalue weighted by molar-refractivity contribution is 6.31. The van der Waals surface area contributed by atoms with E-state index in [1.54, 1.807) is 23.1 Å². The van der Waals surface area contributed by atoms with Crippen LogP contribution in [0.15, 0.2) is 48.5 Å². The van der Waals surface area contributed by atoms with Gasteiger partial charge in [0.15, 0.2) is 0 Å². The highest BCUT2D eigenvalue weighted by Gasteiger charge is 2.40. The van der Waals surface area contributed by atoms with E-state index in [1.165, 1.54) is 0 Å². The fourth-order valence-corrected chi connectivity index (χ4v) is 9.86. The molecule has 1 unspecified atom stereocenters. The molecular weight excluding hydrogens is 744 g/mol. The zero-order valence-electron chi connectivity index (χ0n) is 32.0. The number of amides is 4. The number of carbonyl (C=O) groups is 4. The van der Waals surface area contributed by atoms with E-state index < -0.39 is 6.04 Å². The lowest BCUT2D eigenvalue weighted by Crippen LogP contribution is -2.52. The van der Waals surface area contributed by atoms with E-state index in [0.717, 1.165) is 113 Å². The molecule has 1 aliphatic carbocycles. The number of benzene rings is 2. The summed E-state index contributed by atoms with van der Waals surface area (Å²) in [6, 6.07) is 16.8. The third-order valence-corrected chi connectivity index (χ3v) is 13.2. The fraction of sp³-hybridized carbons (Fsp3) is 0.488. The van der Waals surface area contributed by atoms with Crippen LogP contribution in [0.5, 0.6) is 5.75 Å². The number of carbonyl (C=O) groups excluding carboxylic acids is 4. The molecule has 3 aromatic rings. The number of ether oxygens (including phenoxy) is 1. The monoisotopic (exact) mass is 790 g/mol. The third-order valence-electron chi connectivity index (χ3n) is 12.9. The normalized spacial score (nSPS) is 24.4. The van der Waals surface area contributed by atoms with Gasteiger partial charge >= 0.3 is 0 Å². The first-order valence-corrected chi connectivity index (χ1v) is 20.8. The van der Waals surface area contributed by atoms with E-state index in [0.29, 0.717) is 47.3 Å². The van der Waals surface area contributed by atoms with E-state index >= 15 is 0 Å². The van der Waals surface area contributed by atoms with Crippen LogP contribution in [0, 0.1) is 17.2 Å². The van der Waals surface area contributed by atoms with Crippen LogP contribution in [0.1, 0.15) is 88.9 Å². The lowest BCUT2D eigenvalue weighted by molar-refractivity contribution is -0.136. The number of piperazine rings is 1. The Morgan fingerprint density at radius 3 is 2.28 bits per heavy atom. The van der Waals surface area contributed by atoms with Crippen LogP contribution < -0.4 is 19.9 Å². The Balaban J connectivity index is 0.722. The zero-order valence-corrected chi connectivity index (χ0v) is 32.8. The quantitative estimate of drug-likeness (QED) is 0.318. The van der Waals surface area contributed by atoms with Crippen molar-refractivity contribution < 1.29 is 23.9 Å². The molecule has 1 N–H and O–H groups in total. The first kappa shape index (κ1) is 37.4. The second kappa shape index (κ2) is 15.6. The predicted molar refractivity (Wildman–Crippen MR) is 213 cm³/mol. The van der Waals surface area contributed by atoms with Crippen LogP contribution in [0.4, 0.5) is 11.5 Å². The smallest absolute Gasteiger partial charge is 0.256 e. The number of rotatable bonds is 8. The first-order valence-electron chi connectivity index (χ1n) is 20.4. The topological polar surface area (TPSA) is 142 Å². The molecule has 6 heterocycles. The van der Waals surface area contributed by atoms with Crippen molar-refractivity contribution >= 4 is 46.7 Å². The molecule has 0 radical (unpaired) electrons. The maximum atomic E-state index is 13.5. The maximum Gasteiger partial charge on any atom is 0.256 e. The van der Waals surface area contributed by atoms with Gasteiger partial charge in [-0.05, 0) is 98.9 Å². The summed E-state index contributed by atoms with van der Waals surface area (Å²) in [6.45, 7) is 7.72. The Kier molecular flexibility index (Phi) is 10.3. The van der Waals surface area contributed by atoms with Crippen LogP contribution >= 0.6 is 11.6 Å². The summed E-state index contributed by atoms with van der Waals surface area (Å²) in [7, 11) is 0. The number of anilines is 2. The van der Waals surface area contributed by atoms with E-state index in [9.17, 15) is 19.2 Å². The van der Waals surface area contributed by atoms with Crippen LogP contribution in [-0.4, -0.2) is 107 Å². The second-order valence-electron chi connectivity index (χ2n) is 16.4. The van der Waals surface area contributed by atoms with Crippen molar-refractivity contribution in [2.45, 2.75) is 82.6 Å². The van der Waals surface area contributed by atoms with Crippen LogP contribution in [0.25, 0.3) is 0 Å². The number of nitrogens with zero attached hydrogens (tertiary/aromatic N) is 7. The minimum atomic E-state index is -0.601. The third kappa shape index (κ3) is 7.53. The summed E-state index contributed by atoms with van der Waals surface area (Å²) >= 11 is 6.20. The SMILES string of the molecule is N#Cc1ccc(O[C@H]2CC[C@H](N3Cc4nc(N5CCC(CN6CCN(c7ccc8c(c7)CN(C7CCC(=O)NC7=O)C8=O)CC6)CC5)ccc4C3=O)CC2)cc1Cl. The minimum absolute atomic E-state index is 0.0510. The molecule has 1 saturated carbocycles. The number of nitriles is 1. The van der Waals surface area contributed by atoms with Gasteiger partial charge in [-0.1, -0.05) is 11.6 Å². The lowest BCUT2D eigenvalue weighted by atomic mass is 9.92. The summed E-state index contributed by atoms with van der Waals surface area (Å²) in [5, 5.41) is 11.9. The fourth-order valence-electron chi connectivity index (χ4n) is 9.65. The summed E-state index contributed by atoms with van der Waals surface area (Å²) in [5.74, 6) is 1.53. The summed E-state index contributed by atoms with van der Waals surface area (Å²) in [6.07, 6.45) is 6.30. The molecule has 57 heavy (non-hydrogen) atoms. The average Bonchev–Trinajstić information content (AvgIpc) is 3.73. The van der Waals surface area contributed by atoms with Crippen LogP contribution in [-0.2, 0) is 22.7 Å². The van der Waals surface area contributed by atoms with Gasteiger partial charge in [-0.3, -0.25) is 29.4 Å². The highest BCUT2D eigenvalue weighted by atomic mass is 35.5. The minimum Gasteiger partial charge on any atom is -0.490 e. The van der Waals surface area contributed by atoms with E-state index in [1.807, 2.05) is 29.2 Å². The molecular formula is C43H47ClN8O5. The molecule has 4 amide bonds. The van der Waals surface area contributed by atoms with E-state index in [-0.39, 0.29) is 42.2 Å². The van der Waals surface area contributed by atoms with Crippen molar-refractivity contribution in [2.24, 2.45) is 5.92 Å². The van der Waals surface area contributed by atoms with E-state index in [2.05, 4.69) is 32.2 Å². The van der Waals surface area contributed by atoms with Gasteiger partial charge in [0.1, 0.15) is 23.7 Å². The maximum absolute atomic E-state index is 13.5. The Morgan fingerprint density at radius 2 is 1.54 bits per heavy atom. The molecule has 0 bridgehead atoms. The molecule has 1 atom stereocenters.